The first-order valence-electron chi connectivity index (χ1n) is 9.37. The van der Waals surface area contributed by atoms with Crippen LogP contribution >= 0.6 is 11.8 Å². The Kier molecular flexibility index (Phi) is 7.30. The largest absolute Gasteiger partial charge is 0.493 e. The van der Waals surface area contributed by atoms with E-state index in [-0.39, 0.29) is 23.9 Å². The lowest BCUT2D eigenvalue weighted by atomic mass is 10.1. The van der Waals surface area contributed by atoms with Crippen LogP contribution in [0.2, 0.25) is 0 Å². The van der Waals surface area contributed by atoms with E-state index in [1.54, 1.807) is 43.3 Å². The molecule has 2 amide bonds. The molecule has 0 N–H and O–H groups in total. The number of benzene rings is 2. The molecular formula is C22H20FNO6S. The zero-order valence-electron chi connectivity index (χ0n) is 16.9. The minimum absolute atomic E-state index is 0.167. The number of nitrogens with zero attached hydrogens (tertiary/aromatic N) is 1. The highest BCUT2D eigenvalue weighted by atomic mass is 32.2. The number of thioether (sulfide) groups is 1. The van der Waals surface area contributed by atoms with Crippen molar-refractivity contribution in [1.29, 1.82) is 0 Å². The zero-order chi connectivity index (χ0) is 22.4. The van der Waals surface area contributed by atoms with E-state index in [1.807, 2.05) is 0 Å². The molecule has 0 saturated carbocycles. The average molecular weight is 445 g/mol. The first-order chi connectivity index (χ1) is 14.9. The second-order valence-electron chi connectivity index (χ2n) is 6.40. The van der Waals surface area contributed by atoms with Crippen LogP contribution < -0.4 is 9.47 Å². The van der Waals surface area contributed by atoms with Gasteiger partial charge in [0.15, 0.2) is 11.5 Å². The van der Waals surface area contributed by atoms with Gasteiger partial charge in [0.1, 0.15) is 19.0 Å². The third-order valence-electron chi connectivity index (χ3n) is 4.26. The van der Waals surface area contributed by atoms with Gasteiger partial charge in [-0.05, 0) is 60.2 Å². The summed E-state index contributed by atoms with van der Waals surface area (Å²) in [4.78, 5) is 37.2. The number of hydrogen-bond donors (Lipinski definition) is 0. The molecule has 9 heteroatoms. The Morgan fingerprint density at radius 1 is 1.13 bits per heavy atom. The number of ether oxygens (including phenoxy) is 3. The van der Waals surface area contributed by atoms with Crippen molar-refractivity contribution >= 4 is 35.0 Å². The van der Waals surface area contributed by atoms with Crippen molar-refractivity contribution in [2.75, 3.05) is 20.3 Å². The highest BCUT2D eigenvalue weighted by Gasteiger charge is 2.36. The Bertz CT molecular complexity index is 1020. The Labute approximate surface area is 182 Å². The fourth-order valence-electron chi connectivity index (χ4n) is 2.76. The summed E-state index contributed by atoms with van der Waals surface area (Å²) in [7, 11) is 1.48. The van der Waals surface area contributed by atoms with E-state index < -0.39 is 23.7 Å². The van der Waals surface area contributed by atoms with Crippen molar-refractivity contribution in [2.24, 2.45) is 0 Å². The van der Waals surface area contributed by atoms with Crippen LogP contribution in [0.5, 0.6) is 11.5 Å². The van der Waals surface area contributed by atoms with Crippen LogP contribution in [-0.2, 0) is 20.9 Å². The van der Waals surface area contributed by atoms with Gasteiger partial charge in [0.2, 0.25) is 0 Å². The molecule has 2 aromatic rings. The number of imide groups is 1. The number of methoxy groups -OCH3 is 1. The average Bonchev–Trinajstić information content (AvgIpc) is 3.01. The predicted molar refractivity (Wildman–Crippen MR) is 113 cm³/mol. The molecule has 0 radical (unpaired) electrons. The van der Waals surface area contributed by atoms with Crippen LogP contribution in [0.4, 0.5) is 9.18 Å². The van der Waals surface area contributed by atoms with Crippen molar-refractivity contribution in [2.45, 2.75) is 13.5 Å². The van der Waals surface area contributed by atoms with E-state index in [2.05, 4.69) is 0 Å². The fraction of sp³-hybridized carbons (Fsp3) is 0.227. The number of carbonyl (C=O) groups excluding carboxylic acids is 3. The van der Waals surface area contributed by atoms with Gasteiger partial charge in [-0.3, -0.25) is 19.3 Å². The van der Waals surface area contributed by atoms with Gasteiger partial charge in [0.05, 0.1) is 18.6 Å². The maximum absolute atomic E-state index is 13.0. The number of hydrogen-bond acceptors (Lipinski definition) is 7. The highest BCUT2D eigenvalue weighted by Crippen LogP contribution is 2.34. The molecule has 0 bridgehead atoms. The van der Waals surface area contributed by atoms with Crippen molar-refractivity contribution in [3.8, 4) is 11.5 Å². The monoisotopic (exact) mass is 445 g/mol. The van der Waals surface area contributed by atoms with Crippen molar-refractivity contribution in [1.82, 2.24) is 4.90 Å². The number of rotatable bonds is 8. The summed E-state index contributed by atoms with van der Waals surface area (Å²) in [6, 6.07) is 11.0. The van der Waals surface area contributed by atoms with Crippen molar-refractivity contribution in [3.05, 3.63) is 64.3 Å². The minimum atomic E-state index is -0.643. The number of amides is 2. The summed E-state index contributed by atoms with van der Waals surface area (Å²) in [6.07, 6.45) is 1.54. The molecule has 0 aromatic heterocycles. The van der Waals surface area contributed by atoms with E-state index in [0.29, 0.717) is 17.1 Å². The molecule has 1 fully saturated rings. The molecule has 0 atom stereocenters. The second kappa shape index (κ2) is 10.1. The molecule has 2 aromatic carbocycles. The Hall–Kier alpha value is -3.33. The zero-order valence-corrected chi connectivity index (χ0v) is 17.7. The van der Waals surface area contributed by atoms with Gasteiger partial charge in [0, 0.05) is 0 Å². The summed E-state index contributed by atoms with van der Waals surface area (Å²) in [5.74, 6) is -0.618. The predicted octanol–water partition coefficient (Wildman–Crippen LogP) is 4.01. The molecule has 1 aliphatic rings. The SMILES string of the molecule is CCOC(=O)CN1C(=O)S/C(=C/c2ccc(OCc3ccc(F)cc3)c(OC)c2)C1=O. The number of halogens is 1. The molecule has 7 nitrogen and oxygen atoms in total. The highest BCUT2D eigenvalue weighted by molar-refractivity contribution is 8.18. The van der Waals surface area contributed by atoms with Gasteiger partial charge in [-0.1, -0.05) is 18.2 Å². The number of carbonyl (C=O) groups is 3. The normalized spacial score (nSPS) is 14.8. The summed E-state index contributed by atoms with van der Waals surface area (Å²) in [6.45, 7) is 1.62. The summed E-state index contributed by atoms with van der Waals surface area (Å²) in [5, 5.41) is -0.532. The molecule has 1 heterocycles. The summed E-state index contributed by atoms with van der Waals surface area (Å²) < 4.78 is 28.9. The molecule has 162 valence electrons. The van der Waals surface area contributed by atoms with E-state index in [1.165, 1.54) is 19.2 Å². The van der Waals surface area contributed by atoms with Gasteiger partial charge in [-0.2, -0.15) is 0 Å². The lowest BCUT2D eigenvalue weighted by Crippen LogP contribution is -2.34. The van der Waals surface area contributed by atoms with Crippen LogP contribution in [0.15, 0.2) is 47.4 Å². The van der Waals surface area contributed by atoms with Crippen molar-refractivity contribution < 1.29 is 33.0 Å². The van der Waals surface area contributed by atoms with E-state index >= 15 is 0 Å². The molecule has 0 unspecified atom stereocenters. The first-order valence-corrected chi connectivity index (χ1v) is 10.2. The molecule has 31 heavy (non-hydrogen) atoms. The van der Waals surface area contributed by atoms with Crippen LogP contribution in [0.3, 0.4) is 0 Å². The standard InChI is InChI=1S/C22H20FNO6S/c1-3-29-20(25)12-24-21(26)19(31-22(24)27)11-15-6-9-17(18(10-15)28-2)30-13-14-4-7-16(23)8-5-14/h4-11H,3,12-13H2,1-2H3/b19-11+. The lowest BCUT2D eigenvalue weighted by molar-refractivity contribution is -0.145. The quantitative estimate of drug-likeness (QED) is 0.448. The third kappa shape index (κ3) is 5.64. The van der Waals surface area contributed by atoms with Gasteiger partial charge in [-0.25, -0.2) is 4.39 Å². The van der Waals surface area contributed by atoms with Gasteiger partial charge in [0.25, 0.3) is 11.1 Å². The first kappa shape index (κ1) is 22.4. The molecule has 3 rings (SSSR count). The van der Waals surface area contributed by atoms with Gasteiger partial charge < -0.3 is 14.2 Å². The Morgan fingerprint density at radius 3 is 2.55 bits per heavy atom. The van der Waals surface area contributed by atoms with Gasteiger partial charge >= 0.3 is 5.97 Å². The second-order valence-corrected chi connectivity index (χ2v) is 7.39. The maximum Gasteiger partial charge on any atom is 0.326 e. The Morgan fingerprint density at radius 2 is 1.87 bits per heavy atom. The van der Waals surface area contributed by atoms with E-state index in [4.69, 9.17) is 14.2 Å². The molecule has 0 spiro atoms. The fourth-order valence-corrected chi connectivity index (χ4v) is 3.60. The van der Waals surface area contributed by atoms with E-state index in [0.717, 1.165) is 22.2 Å². The molecule has 1 aliphatic heterocycles. The smallest absolute Gasteiger partial charge is 0.326 e. The van der Waals surface area contributed by atoms with Crippen LogP contribution in [0.25, 0.3) is 6.08 Å². The van der Waals surface area contributed by atoms with Crippen molar-refractivity contribution in [3.63, 3.8) is 0 Å². The molecular weight excluding hydrogens is 425 g/mol. The third-order valence-corrected chi connectivity index (χ3v) is 5.17. The Balaban J connectivity index is 1.72. The van der Waals surface area contributed by atoms with E-state index in [9.17, 15) is 18.8 Å². The van der Waals surface area contributed by atoms with Crippen LogP contribution in [-0.4, -0.2) is 42.3 Å². The summed E-state index contributed by atoms with van der Waals surface area (Å²) in [5.41, 5.74) is 1.41. The summed E-state index contributed by atoms with van der Waals surface area (Å²) >= 11 is 0.751. The minimum Gasteiger partial charge on any atom is -0.493 e. The van der Waals surface area contributed by atoms with Gasteiger partial charge in [-0.15, -0.1) is 0 Å². The lowest BCUT2D eigenvalue weighted by Gasteiger charge is -2.12. The molecule has 1 saturated heterocycles. The van der Waals surface area contributed by atoms with Crippen LogP contribution in [0, 0.1) is 5.82 Å². The topological polar surface area (TPSA) is 82.1 Å². The molecule has 0 aliphatic carbocycles. The van der Waals surface area contributed by atoms with Crippen LogP contribution in [0.1, 0.15) is 18.1 Å². The maximum atomic E-state index is 13.0. The number of esters is 1.